The van der Waals surface area contributed by atoms with Gasteiger partial charge >= 0.3 is 0 Å². The van der Waals surface area contributed by atoms with Crippen LogP contribution < -0.4 is 5.32 Å². The molecule has 0 bridgehead atoms. The number of amides is 1. The van der Waals surface area contributed by atoms with Gasteiger partial charge in [0.25, 0.3) is 0 Å². The summed E-state index contributed by atoms with van der Waals surface area (Å²) < 4.78 is 0. The zero-order valence-electron chi connectivity index (χ0n) is 28.3. The molecular formula is C37H73N3O. The highest BCUT2D eigenvalue weighted by atomic mass is 16.1. The van der Waals surface area contributed by atoms with Gasteiger partial charge in [0.05, 0.1) is 12.7 Å². The lowest BCUT2D eigenvalue weighted by Gasteiger charge is -2.28. The van der Waals surface area contributed by atoms with Gasteiger partial charge in [-0.2, -0.15) is 0 Å². The minimum atomic E-state index is 0.0670. The van der Waals surface area contributed by atoms with Gasteiger partial charge in [0.1, 0.15) is 5.84 Å². The van der Waals surface area contributed by atoms with Crippen LogP contribution in [0.5, 0.6) is 0 Å². The van der Waals surface area contributed by atoms with E-state index in [4.69, 9.17) is 4.99 Å². The van der Waals surface area contributed by atoms with Crippen molar-refractivity contribution < 1.29 is 4.79 Å². The van der Waals surface area contributed by atoms with Crippen LogP contribution in [0, 0.1) is 0 Å². The van der Waals surface area contributed by atoms with Crippen molar-refractivity contribution in [1.82, 2.24) is 10.2 Å². The van der Waals surface area contributed by atoms with Gasteiger partial charge < -0.3 is 10.2 Å². The molecule has 0 radical (unpaired) electrons. The summed E-state index contributed by atoms with van der Waals surface area (Å²) in [6.45, 7) is 8.55. The molecule has 4 nitrogen and oxygen atoms in total. The van der Waals surface area contributed by atoms with E-state index in [1.54, 1.807) is 0 Å². The first-order valence-electron chi connectivity index (χ1n) is 18.8. The molecule has 0 aliphatic carbocycles. The molecular weight excluding hydrogens is 502 g/mol. The first kappa shape index (κ1) is 38.0. The number of rotatable bonds is 31. The fourth-order valence-corrected chi connectivity index (χ4v) is 6.31. The topological polar surface area (TPSA) is 44.7 Å². The summed E-state index contributed by atoms with van der Waals surface area (Å²) in [7, 11) is 0. The summed E-state index contributed by atoms with van der Waals surface area (Å²) >= 11 is 0. The van der Waals surface area contributed by atoms with E-state index in [0.717, 1.165) is 25.9 Å². The molecule has 1 rings (SSSR count). The molecule has 1 unspecified atom stereocenters. The van der Waals surface area contributed by atoms with Crippen molar-refractivity contribution in [2.24, 2.45) is 4.99 Å². The first-order valence-corrected chi connectivity index (χ1v) is 18.8. The number of hydrogen-bond donors (Lipinski definition) is 1. The van der Waals surface area contributed by atoms with E-state index in [1.165, 1.54) is 173 Å². The smallest absolute Gasteiger partial charge is 0.221 e. The molecule has 0 saturated carbocycles. The van der Waals surface area contributed by atoms with Crippen LogP contribution in [0.3, 0.4) is 0 Å². The molecule has 1 heterocycles. The zero-order chi connectivity index (χ0) is 29.6. The van der Waals surface area contributed by atoms with Gasteiger partial charge in [0.2, 0.25) is 5.91 Å². The Labute approximate surface area is 257 Å². The van der Waals surface area contributed by atoms with Crippen LogP contribution in [0.4, 0.5) is 0 Å². The van der Waals surface area contributed by atoms with Crippen molar-refractivity contribution in [3.8, 4) is 0 Å². The third kappa shape index (κ3) is 23.1. The third-order valence-electron chi connectivity index (χ3n) is 9.07. The van der Waals surface area contributed by atoms with E-state index < -0.39 is 0 Å². The summed E-state index contributed by atoms with van der Waals surface area (Å²) in [4.78, 5) is 19.6. The van der Waals surface area contributed by atoms with Gasteiger partial charge in [-0.15, -0.1) is 0 Å². The number of nitrogens with zero attached hydrogens (tertiary/aromatic N) is 2. The number of hydrogen-bond acceptors (Lipinski definition) is 3. The molecule has 0 aromatic heterocycles. The lowest BCUT2D eigenvalue weighted by molar-refractivity contribution is -0.122. The summed E-state index contributed by atoms with van der Waals surface area (Å²) in [6, 6.07) is 0. The van der Waals surface area contributed by atoms with Crippen molar-refractivity contribution in [3.63, 3.8) is 0 Å². The van der Waals surface area contributed by atoms with E-state index in [1.807, 2.05) is 0 Å². The van der Waals surface area contributed by atoms with Crippen LogP contribution in [0.1, 0.15) is 207 Å². The Kier molecular flexibility index (Phi) is 26.9. The molecule has 4 heteroatoms. The van der Waals surface area contributed by atoms with Crippen LogP contribution >= 0.6 is 0 Å². The number of unbranched alkanes of at least 4 members (excludes halogenated alkanes) is 25. The molecule has 1 aliphatic rings. The van der Waals surface area contributed by atoms with Crippen molar-refractivity contribution >= 4 is 11.7 Å². The van der Waals surface area contributed by atoms with Crippen LogP contribution in [0.25, 0.3) is 0 Å². The van der Waals surface area contributed by atoms with Crippen molar-refractivity contribution in [2.75, 3.05) is 13.1 Å². The number of carbonyl (C=O) groups is 1. The Morgan fingerprint density at radius 2 is 0.976 bits per heavy atom. The monoisotopic (exact) mass is 576 g/mol. The second-order valence-corrected chi connectivity index (χ2v) is 13.1. The van der Waals surface area contributed by atoms with Crippen LogP contribution in [0.2, 0.25) is 0 Å². The second-order valence-electron chi connectivity index (χ2n) is 13.1. The summed E-state index contributed by atoms with van der Waals surface area (Å²) in [6.07, 6.45) is 38.8. The second kappa shape index (κ2) is 29.0. The molecule has 1 aliphatic heterocycles. The molecule has 0 spiro atoms. The molecule has 41 heavy (non-hydrogen) atoms. The maximum absolute atomic E-state index is 12.5. The predicted molar refractivity (Wildman–Crippen MR) is 182 cm³/mol. The Hall–Kier alpha value is -1.06. The Bertz CT molecular complexity index is 605. The van der Waals surface area contributed by atoms with Gasteiger partial charge in [0.15, 0.2) is 0 Å². The molecule has 1 atom stereocenters. The van der Waals surface area contributed by atoms with Gasteiger partial charge in [-0.05, 0) is 19.8 Å². The van der Waals surface area contributed by atoms with E-state index in [0.29, 0.717) is 6.42 Å². The largest absolute Gasteiger partial charge is 0.338 e. The Morgan fingerprint density at radius 1 is 0.610 bits per heavy atom. The van der Waals surface area contributed by atoms with Crippen molar-refractivity contribution in [2.45, 2.75) is 213 Å². The summed E-state index contributed by atoms with van der Waals surface area (Å²) in [5, 5.41) is 3.25. The minimum Gasteiger partial charge on any atom is -0.338 e. The van der Waals surface area contributed by atoms with Crippen LogP contribution in [0.15, 0.2) is 4.99 Å². The maximum Gasteiger partial charge on any atom is 0.221 e. The molecule has 1 N–H and O–H groups in total. The molecule has 0 aromatic rings. The SMILES string of the molecule is CCCCCCCCCCCCCCCCC1=NCCN1C(C)NC(=O)CCCCCCCCCCCCCCC. The van der Waals surface area contributed by atoms with Gasteiger partial charge in [0, 0.05) is 19.4 Å². The number of aliphatic imine (C=N–C) groups is 1. The lowest BCUT2D eigenvalue weighted by atomic mass is 10.0. The van der Waals surface area contributed by atoms with Crippen LogP contribution in [-0.2, 0) is 4.79 Å². The van der Waals surface area contributed by atoms with Crippen molar-refractivity contribution in [1.29, 1.82) is 0 Å². The quantitative estimate of drug-likeness (QED) is 0.0835. The standard InChI is InChI=1S/C37H73N3O/c1-4-6-8-10-12-14-16-18-20-21-23-25-27-29-31-36-38-33-34-40(36)35(3)39-37(41)32-30-28-26-24-22-19-17-15-13-11-9-7-5-2/h35H,4-34H2,1-3H3,(H,39,41). The third-order valence-corrected chi connectivity index (χ3v) is 9.07. The minimum absolute atomic E-state index is 0.0670. The van der Waals surface area contributed by atoms with E-state index in [9.17, 15) is 4.79 Å². The highest BCUT2D eigenvalue weighted by molar-refractivity contribution is 5.84. The number of carbonyl (C=O) groups excluding carboxylic acids is 1. The molecule has 0 saturated heterocycles. The van der Waals surface area contributed by atoms with Gasteiger partial charge in [-0.25, -0.2) is 0 Å². The van der Waals surface area contributed by atoms with E-state index in [2.05, 4.69) is 31.0 Å². The lowest BCUT2D eigenvalue weighted by Crippen LogP contribution is -2.47. The highest BCUT2D eigenvalue weighted by Crippen LogP contribution is 2.17. The zero-order valence-corrected chi connectivity index (χ0v) is 28.3. The summed E-state index contributed by atoms with van der Waals surface area (Å²) in [5.41, 5.74) is 0. The fraction of sp³-hybridized carbons (Fsp3) is 0.946. The van der Waals surface area contributed by atoms with E-state index in [-0.39, 0.29) is 12.1 Å². The highest BCUT2D eigenvalue weighted by Gasteiger charge is 2.22. The Balaban J connectivity index is 1.94. The average Bonchev–Trinajstić information content (AvgIpc) is 3.44. The fourth-order valence-electron chi connectivity index (χ4n) is 6.31. The Morgan fingerprint density at radius 3 is 1.39 bits per heavy atom. The first-order chi connectivity index (χ1) is 20.2. The summed E-state index contributed by atoms with van der Waals surface area (Å²) in [5.74, 6) is 1.43. The van der Waals surface area contributed by atoms with Gasteiger partial charge in [-0.3, -0.25) is 9.79 Å². The van der Waals surface area contributed by atoms with Crippen molar-refractivity contribution in [3.05, 3.63) is 0 Å². The molecule has 242 valence electrons. The van der Waals surface area contributed by atoms with Crippen LogP contribution in [-0.4, -0.2) is 35.9 Å². The van der Waals surface area contributed by atoms with Gasteiger partial charge in [-0.1, -0.05) is 174 Å². The normalized spacial score (nSPS) is 14.0. The average molecular weight is 576 g/mol. The predicted octanol–water partition coefficient (Wildman–Crippen LogP) is 11.5. The maximum atomic E-state index is 12.5. The number of nitrogens with one attached hydrogen (secondary N) is 1. The molecule has 1 amide bonds. The molecule has 0 aromatic carbocycles. The molecule has 0 fully saturated rings. The number of amidine groups is 1. The van der Waals surface area contributed by atoms with E-state index >= 15 is 0 Å².